The van der Waals surface area contributed by atoms with Crippen molar-refractivity contribution in [3.63, 3.8) is 0 Å². The van der Waals surface area contributed by atoms with E-state index in [2.05, 4.69) is 26.7 Å². The SMILES string of the molecule is C[C@H](Cc1c[nH]c2ccccc12)NC(=O)CCCn1nnc2ccccc2c1=O. The third kappa shape index (κ3) is 4.18. The zero-order valence-corrected chi connectivity index (χ0v) is 16.3. The van der Waals surface area contributed by atoms with Crippen LogP contribution >= 0.6 is 0 Å². The van der Waals surface area contributed by atoms with E-state index >= 15 is 0 Å². The Labute approximate surface area is 167 Å². The van der Waals surface area contributed by atoms with E-state index in [4.69, 9.17) is 0 Å². The molecule has 2 aromatic heterocycles. The molecule has 0 aliphatic carbocycles. The molecule has 2 N–H and O–H groups in total. The fourth-order valence-corrected chi connectivity index (χ4v) is 3.59. The number of hydrogen-bond donors (Lipinski definition) is 2. The summed E-state index contributed by atoms with van der Waals surface area (Å²) in [7, 11) is 0. The minimum atomic E-state index is -0.177. The fourth-order valence-electron chi connectivity index (χ4n) is 3.59. The number of fused-ring (bicyclic) bond motifs is 2. The van der Waals surface area contributed by atoms with E-state index in [1.54, 1.807) is 18.2 Å². The average Bonchev–Trinajstić information content (AvgIpc) is 3.12. The molecule has 29 heavy (non-hydrogen) atoms. The van der Waals surface area contributed by atoms with Crippen molar-refractivity contribution in [3.8, 4) is 0 Å². The standard InChI is InChI=1S/C22H23N5O2/c1-15(13-16-14-23-19-9-4-2-7-17(16)19)24-21(28)11-6-12-27-22(29)18-8-3-5-10-20(18)25-26-27/h2-5,7-10,14-15,23H,6,11-13H2,1H3,(H,24,28)/t15-/m1/s1. The number of carbonyl (C=O) groups excluding carboxylic acids is 1. The first-order valence-electron chi connectivity index (χ1n) is 9.79. The molecule has 0 bridgehead atoms. The van der Waals surface area contributed by atoms with Crippen LogP contribution in [0, 0.1) is 0 Å². The van der Waals surface area contributed by atoms with Gasteiger partial charge in [0.05, 0.1) is 5.39 Å². The van der Waals surface area contributed by atoms with Crippen molar-refractivity contribution in [3.05, 3.63) is 70.6 Å². The number of para-hydroxylation sites is 1. The van der Waals surface area contributed by atoms with Gasteiger partial charge in [0.2, 0.25) is 5.91 Å². The van der Waals surface area contributed by atoms with Crippen LogP contribution in [0.2, 0.25) is 0 Å². The number of nitrogens with one attached hydrogen (secondary N) is 2. The van der Waals surface area contributed by atoms with Crippen molar-refractivity contribution < 1.29 is 4.79 Å². The third-order valence-corrected chi connectivity index (χ3v) is 5.01. The number of benzene rings is 2. The van der Waals surface area contributed by atoms with Gasteiger partial charge in [-0.2, -0.15) is 0 Å². The normalized spacial score (nSPS) is 12.3. The number of H-pyrrole nitrogens is 1. The van der Waals surface area contributed by atoms with Crippen LogP contribution in [0.4, 0.5) is 0 Å². The Kier molecular flexibility index (Phi) is 5.37. The molecule has 7 nitrogen and oxygen atoms in total. The van der Waals surface area contributed by atoms with Crippen LogP contribution in [-0.4, -0.2) is 31.9 Å². The molecular weight excluding hydrogens is 366 g/mol. The number of hydrogen-bond acceptors (Lipinski definition) is 4. The average molecular weight is 389 g/mol. The van der Waals surface area contributed by atoms with Crippen LogP contribution in [-0.2, 0) is 17.8 Å². The molecule has 0 saturated heterocycles. The van der Waals surface area contributed by atoms with Gasteiger partial charge in [-0.15, -0.1) is 5.10 Å². The first-order chi connectivity index (χ1) is 14.1. The largest absolute Gasteiger partial charge is 0.361 e. The van der Waals surface area contributed by atoms with Gasteiger partial charge < -0.3 is 10.3 Å². The molecule has 0 aliphatic heterocycles. The van der Waals surface area contributed by atoms with Gasteiger partial charge in [-0.1, -0.05) is 35.5 Å². The Bertz CT molecular complexity index is 1210. The van der Waals surface area contributed by atoms with Crippen molar-refractivity contribution >= 4 is 27.7 Å². The molecule has 148 valence electrons. The molecule has 0 unspecified atom stereocenters. The summed E-state index contributed by atoms with van der Waals surface area (Å²) in [6.45, 7) is 2.36. The third-order valence-electron chi connectivity index (χ3n) is 5.01. The second kappa shape index (κ2) is 8.26. The predicted octanol–water partition coefficient (Wildman–Crippen LogP) is 2.80. The Hall–Kier alpha value is -3.48. The highest BCUT2D eigenvalue weighted by atomic mass is 16.1. The van der Waals surface area contributed by atoms with E-state index in [-0.39, 0.29) is 17.5 Å². The number of rotatable bonds is 7. The zero-order valence-electron chi connectivity index (χ0n) is 16.3. The van der Waals surface area contributed by atoms with Gasteiger partial charge in [0.25, 0.3) is 5.56 Å². The van der Waals surface area contributed by atoms with Crippen molar-refractivity contribution in [1.82, 2.24) is 25.3 Å². The Balaban J connectivity index is 1.30. The summed E-state index contributed by atoms with van der Waals surface area (Å²) < 4.78 is 1.32. The van der Waals surface area contributed by atoms with Gasteiger partial charge in [-0.25, -0.2) is 4.68 Å². The summed E-state index contributed by atoms with van der Waals surface area (Å²) in [5, 5.41) is 12.8. The van der Waals surface area contributed by atoms with Crippen molar-refractivity contribution in [2.45, 2.75) is 38.8 Å². The lowest BCUT2D eigenvalue weighted by atomic mass is 10.1. The summed E-state index contributed by atoms with van der Waals surface area (Å²) in [6, 6.07) is 15.3. The van der Waals surface area contributed by atoms with Crippen molar-refractivity contribution in [2.24, 2.45) is 0 Å². The van der Waals surface area contributed by atoms with Crippen LogP contribution in [0.25, 0.3) is 21.8 Å². The van der Waals surface area contributed by atoms with Gasteiger partial charge >= 0.3 is 0 Å². The minimum absolute atomic E-state index is 0.0184. The molecule has 0 spiro atoms. The highest BCUT2D eigenvalue weighted by Gasteiger charge is 2.12. The summed E-state index contributed by atoms with van der Waals surface area (Å²) in [6.07, 6.45) is 3.61. The Morgan fingerprint density at radius 2 is 1.90 bits per heavy atom. The topological polar surface area (TPSA) is 92.7 Å². The second-order valence-corrected chi connectivity index (χ2v) is 7.27. The molecule has 0 radical (unpaired) electrons. The van der Waals surface area contributed by atoms with E-state index < -0.39 is 0 Å². The number of aromatic nitrogens is 4. The van der Waals surface area contributed by atoms with Gasteiger partial charge in [-0.05, 0) is 43.5 Å². The quantitative estimate of drug-likeness (QED) is 0.508. The molecule has 4 aromatic rings. The predicted molar refractivity (Wildman–Crippen MR) is 113 cm³/mol. The molecular formula is C22H23N5O2. The number of aromatic amines is 1. The van der Waals surface area contributed by atoms with E-state index in [9.17, 15) is 9.59 Å². The molecule has 0 fully saturated rings. The van der Waals surface area contributed by atoms with E-state index in [1.165, 1.54) is 15.6 Å². The lowest BCUT2D eigenvalue weighted by Gasteiger charge is -2.13. The van der Waals surface area contributed by atoms with Crippen molar-refractivity contribution in [1.29, 1.82) is 0 Å². The van der Waals surface area contributed by atoms with Gasteiger partial charge in [-0.3, -0.25) is 9.59 Å². The molecule has 1 atom stereocenters. The van der Waals surface area contributed by atoms with Gasteiger partial charge in [0.1, 0.15) is 5.52 Å². The summed E-state index contributed by atoms with van der Waals surface area (Å²) in [5.74, 6) is -0.0286. The maximum Gasteiger partial charge on any atom is 0.277 e. The summed E-state index contributed by atoms with van der Waals surface area (Å²) in [5.41, 5.74) is 2.69. The number of amides is 1. The first kappa shape index (κ1) is 18.9. The molecule has 2 aromatic carbocycles. The zero-order chi connectivity index (χ0) is 20.2. The van der Waals surface area contributed by atoms with Crippen LogP contribution in [0.5, 0.6) is 0 Å². The molecule has 4 rings (SSSR count). The summed E-state index contributed by atoms with van der Waals surface area (Å²) >= 11 is 0. The second-order valence-electron chi connectivity index (χ2n) is 7.27. The maximum absolute atomic E-state index is 12.4. The monoisotopic (exact) mass is 389 g/mol. The minimum Gasteiger partial charge on any atom is -0.361 e. The van der Waals surface area contributed by atoms with E-state index in [0.717, 1.165) is 11.9 Å². The van der Waals surface area contributed by atoms with Gasteiger partial charge in [0.15, 0.2) is 0 Å². The fraction of sp³-hybridized carbons (Fsp3) is 0.273. The summed E-state index contributed by atoms with van der Waals surface area (Å²) in [4.78, 5) is 28.0. The van der Waals surface area contributed by atoms with Gasteiger partial charge in [0, 0.05) is 36.1 Å². The van der Waals surface area contributed by atoms with Crippen LogP contribution in [0.15, 0.2) is 59.5 Å². The van der Waals surface area contributed by atoms with Crippen molar-refractivity contribution in [2.75, 3.05) is 0 Å². The molecule has 2 heterocycles. The first-order valence-corrected chi connectivity index (χ1v) is 9.79. The Morgan fingerprint density at radius 1 is 1.14 bits per heavy atom. The van der Waals surface area contributed by atoms with E-state index in [1.807, 2.05) is 37.4 Å². The number of nitrogens with zero attached hydrogens (tertiary/aromatic N) is 3. The Morgan fingerprint density at radius 3 is 2.76 bits per heavy atom. The lowest BCUT2D eigenvalue weighted by Crippen LogP contribution is -2.34. The lowest BCUT2D eigenvalue weighted by molar-refractivity contribution is -0.121. The molecule has 1 amide bonds. The van der Waals surface area contributed by atoms with Crippen LogP contribution in [0.1, 0.15) is 25.3 Å². The molecule has 0 saturated carbocycles. The van der Waals surface area contributed by atoms with Crippen LogP contribution < -0.4 is 10.9 Å². The van der Waals surface area contributed by atoms with E-state index in [0.29, 0.717) is 30.3 Å². The van der Waals surface area contributed by atoms with Crippen LogP contribution in [0.3, 0.4) is 0 Å². The smallest absolute Gasteiger partial charge is 0.277 e. The molecule has 0 aliphatic rings. The molecule has 7 heteroatoms. The highest BCUT2D eigenvalue weighted by Crippen LogP contribution is 2.19. The number of carbonyl (C=O) groups is 1. The highest BCUT2D eigenvalue weighted by molar-refractivity contribution is 5.83. The number of aryl methyl sites for hydroxylation is 1. The maximum atomic E-state index is 12.4.